The third-order valence-electron chi connectivity index (χ3n) is 10.2. The Bertz CT molecular complexity index is 1930. The lowest BCUT2D eigenvalue weighted by molar-refractivity contribution is -0.217. The van der Waals surface area contributed by atoms with Crippen molar-refractivity contribution in [3.63, 3.8) is 0 Å². The maximum atomic E-state index is 12.2. The Kier molecular flexibility index (Phi) is 34.5. The Morgan fingerprint density at radius 1 is 1.00 bits per heavy atom. The first-order chi connectivity index (χ1) is 33.7. The molecule has 5 rings (SSSR count). The van der Waals surface area contributed by atoms with Crippen molar-refractivity contribution in [1.29, 1.82) is 0 Å². The van der Waals surface area contributed by atoms with Crippen LogP contribution in [0.3, 0.4) is 0 Å². The third-order valence-corrected chi connectivity index (χ3v) is 14.0. The molecule has 9 unspecified atom stereocenters. The van der Waals surface area contributed by atoms with Crippen molar-refractivity contribution in [2.45, 2.75) is 101 Å². The van der Waals surface area contributed by atoms with Crippen LogP contribution in [0, 0.1) is 29.6 Å². The first-order valence-corrected chi connectivity index (χ1v) is 26.4. The Balaban J connectivity index is 0.000000484. The zero-order valence-electron chi connectivity index (χ0n) is 41.4. The van der Waals surface area contributed by atoms with E-state index in [9.17, 15) is 24.6 Å². The Morgan fingerprint density at radius 2 is 1.71 bits per heavy atom. The second-order valence-corrected chi connectivity index (χ2v) is 19.5. The van der Waals surface area contributed by atoms with Crippen molar-refractivity contribution in [3.8, 4) is 35.2 Å². The lowest BCUT2D eigenvalue weighted by Gasteiger charge is -2.36. The molecule has 0 saturated carbocycles. The van der Waals surface area contributed by atoms with Crippen LogP contribution in [0.4, 0.5) is 4.79 Å². The minimum atomic E-state index is -1.42. The average molecular weight is 1040 g/mol. The van der Waals surface area contributed by atoms with Gasteiger partial charge in [0.1, 0.15) is 24.9 Å². The number of likely N-dealkylation sites (N-methyl/N-ethyl adjacent to an activating group) is 1. The van der Waals surface area contributed by atoms with Crippen LogP contribution in [0.2, 0.25) is 0 Å². The molecule has 70 heavy (non-hydrogen) atoms. The summed E-state index contributed by atoms with van der Waals surface area (Å²) in [6.45, 7) is 15.8. The van der Waals surface area contributed by atoms with Crippen LogP contribution in [-0.4, -0.2) is 167 Å². The average Bonchev–Trinajstić information content (AvgIpc) is 3.37. The Morgan fingerprint density at radius 3 is 2.31 bits per heavy atom. The van der Waals surface area contributed by atoms with Crippen LogP contribution in [0.15, 0.2) is 66.9 Å². The molecule has 3 aliphatic heterocycles. The van der Waals surface area contributed by atoms with Crippen LogP contribution in [0.25, 0.3) is 0 Å². The number of allylic oxidation sites excluding steroid dienone is 3. The molecule has 0 aromatic heterocycles. The summed E-state index contributed by atoms with van der Waals surface area (Å²) in [4.78, 5) is 35.2. The second kappa shape index (κ2) is 37.7. The van der Waals surface area contributed by atoms with E-state index in [0.717, 1.165) is 52.4 Å². The normalized spacial score (nSPS) is 25.7. The summed E-state index contributed by atoms with van der Waals surface area (Å²) in [5.74, 6) is 10.4. The fraction of sp³-hybridized carbons (Fsp3) is 0.571. The summed E-state index contributed by atoms with van der Waals surface area (Å²) in [5, 5.41) is 41.0. The number of carbonyl (C=O) groups is 3. The van der Waals surface area contributed by atoms with Crippen LogP contribution in [-0.2, 0) is 33.2 Å². The number of alkyl carbamates (subject to hydrolysis) is 1. The zero-order chi connectivity index (χ0) is 52.4. The SMILES string of the molecule is C=C1C=C(NC(=O)OC)C(=O)C(O)C1C#C/C=C\C#CCO.C=CCSSSC.CCNC1CCC(OC2CO[C@H](C)C(N)C2)OC1.CO.COc1ccc(C(=O)OC2CCOC(C)C2O)cc1OC. The molecular formula is C49H73N3O15S3. The summed E-state index contributed by atoms with van der Waals surface area (Å²) in [6.07, 6.45) is 7.75. The quantitative estimate of drug-likeness (QED) is 0.0476. The Labute approximate surface area is 425 Å². The second-order valence-electron chi connectivity index (χ2n) is 15.1. The molecule has 0 bridgehead atoms. The van der Waals surface area contributed by atoms with Crippen molar-refractivity contribution < 1.29 is 72.7 Å². The van der Waals surface area contributed by atoms with Gasteiger partial charge < -0.3 is 69.4 Å². The van der Waals surface area contributed by atoms with E-state index in [2.05, 4.69) is 65.4 Å². The molecule has 0 spiro atoms. The molecule has 1 aromatic carbocycles. The van der Waals surface area contributed by atoms with Gasteiger partial charge in [0.15, 0.2) is 17.8 Å². The number of nitrogens with one attached hydrogen (secondary N) is 2. The smallest absolute Gasteiger partial charge is 0.411 e. The van der Waals surface area contributed by atoms with Crippen molar-refractivity contribution in [2.24, 2.45) is 11.7 Å². The van der Waals surface area contributed by atoms with E-state index in [1.807, 2.05) is 23.8 Å². The number of hydrogen-bond donors (Lipinski definition) is 7. The number of esters is 1. The van der Waals surface area contributed by atoms with Crippen LogP contribution in [0.5, 0.6) is 11.5 Å². The molecule has 1 aliphatic carbocycles. The number of methoxy groups -OCH3 is 3. The molecule has 0 radical (unpaired) electrons. The molecule has 21 heteroatoms. The monoisotopic (exact) mass is 1040 g/mol. The van der Waals surface area contributed by atoms with Crippen LogP contribution < -0.4 is 25.8 Å². The number of carbonyl (C=O) groups excluding carboxylic acids is 3. The minimum Gasteiger partial charge on any atom is -0.493 e. The largest absolute Gasteiger partial charge is 0.493 e. The topological polar surface area (TPSA) is 256 Å². The molecular weight excluding hydrogens is 967 g/mol. The van der Waals surface area contributed by atoms with Gasteiger partial charge in [-0.15, -0.1) is 6.58 Å². The number of aliphatic hydroxyl groups excluding tert-OH is 4. The van der Waals surface area contributed by atoms with E-state index < -0.39 is 42.1 Å². The summed E-state index contributed by atoms with van der Waals surface area (Å²) in [6, 6.07) is 5.33. The predicted octanol–water partition coefficient (Wildman–Crippen LogP) is 4.36. The van der Waals surface area contributed by atoms with Gasteiger partial charge in [0.25, 0.3) is 0 Å². The minimum absolute atomic E-state index is 0.0712. The molecule has 392 valence electrons. The van der Waals surface area contributed by atoms with Gasteiger partial charge in [0.05, 0.1) is 76.6 Å². The van der Waals surface area contributed by atoms with E-state index in [1.165, 1.54) is 32.4 Å². The number of amides is 1. The summed E-state index contributed by atoms with van der Waals surface area (Å²) in [7, 11) is 10.6. The van der Waals surface area contributed by atoms with E-state index in [-0.39, 0.29) is 42.9 Å². The lowest BCUT2D eigenvalue weighted by atomic mass is 9.85. The van der Waals surface area contributed by atoms with Crippen molar-refractivity contribution in [2.75, 3.05) is 73.4 Å². The number of hydrogen-bond acceptors (Lipinski definition) is 20. The van der Waals surface area contributed by atoms with Gasteiger partial charge in [0, 0.05) is 31.4 Å². The molecule has 3 heterocycles. The lowest BCUT2D eigenvalue weighted by Crippen LogP contribution is -2.48. The number of nitrogens with two attached hydrogens (primary N) is 1. The van der Waals surface area contributed by atoms with Crippen molar-refractivity contribution >= 4 is 49.3 Å². The zero-order valence-corrected chi connectivity index (χ0v) is 43.8. The standard InChI is InChI=1S/C16H15NO5.C15H20O6.C13H26N2O3.C4H8S3.CH4O/c1-11-10-13(17-16(21)22-2)15(20)14(19)12(11)8-6-4-3-5-7-9-18;1-9-14(16)12(6-7-20-9)21-15(17)10-4-5-11(18-2)13(8-10)19-3;1-3-15-10-4-5-13(17-7-10)18-11-6-12(14)9(2)16-8-11;1-3-4-6-7-5-2;1-2/h3-4,10,12,14,18-19H,1,9H2,2H3,(H,17,21);4-5,8-9,12,14,16H,6-7H2,1-3H3;9-13,15H,3-8,14H2,1-2H3;3H,1,4H2,2H3;2H,1H3/b4-3-;;;;/t;;9-,10?,11?,12?,13?;;/m..1../s1. The fourth-order valence-corrected chi connectivity index (χ4v) is 8.88. The number of ether oxygens (including phenoxy) is 8. The maximum absolute atomic E-state index is 12.2. The van der Waals surface area contributed by atoms with Gasteiger partial charge in [-0.05, 0) is 97.7 Å². The summed E-state index contributed by atoms with van der Waals surface area (Å²) in [5.41, 5.74) is 6.62. The highest BCUT2D eigenvalue weighted by atomic mass is 33.5. The summed E-state index contributed by atoms with van der Waals surface area (Å²) < 4.78 is 42.6. The molecule has 3 saturated heterocycles. The van der Waals surface area contributed by atoms with Crippen LogP contribution >= 0.6 is 31.4 Å². The van der Waals surface area contributed by atoms with E-state index in [0.29, 0.717) is 48.3 Å². The van der Waals surface area contributed by atoms with Gasteiger partial charge in [-0.3, -0.25) is 10.1 Å². The number of rotatable bonds is 13. The number of Topliss-reactive ketones (excluding diaryl/α,β-unsaturated/α-hetero) is 1. The highest BCUT2D eigenvalue weighted by Gasteiger charge is 2.35. The van der Waals surface area contributed by atoms with E-state index >= 15 is 0 Å². The van der Waals surface area contributed by atoms with Gasteiger partial charge >= 0.3 is 12.1 Å². The fourth-order valence-electron chi connectivity index (χ4n) is 6.52. The van der Waals surface area contributed by atoms with Gasteiger partial charge in [-0.25, -0.2) is 9.59 Å². The number of ketones is 1. The molecule has 4 aliphatic rings. The van der Waals surface area contributed by atoms with Crippen LogP contribution in [0.1, 0.15) is 56.8 Å². The molecule has 18 nitrogen and oxygen atoms in total. The van der Waals surface area contributed by atoms with Gasteiger partial charge in [0.2, 0.25) is 5.78 Å². The predicted molar refractivity (Wildman–Crippen MR) is 275 cm³/mol. The first-order valence-electron chi connectivity index (χ1n) is 22.4. The Hall–Kier alpha value is -4.04. The summed E-state index contributed by atoms with van der Waals surface area (Å²) >= 11 is 0. The van der Waals surface area contributed by atoms with Crippen molar-refractivity contribution in [3.05, 3.63) is 72.5 Å². The van der Waals surface area contributed by atoms with Gasteiger partial charge in [-0.2, -0.15) is 0 Å². The molecule has 3 fully saturated rings. The highest BCUT2D eigenvalue weighted by molar-refractivity contribution is 9.09. The van der Waals surface area contributed by atoms with E-state index in [1.54, 1.807) is 45.7 Å². The van der Waals surface area contributed by atoms with Crippen molar-refractivity contribution in [1.82, 2.24) is 10.6 Å². The number of aliphatic hydroxyl groups is 4. The molecule has 10 atom stereocenters. The molecule has 1 amide bonds. The molecule has 8 N–H and O–H groups in total. The maximum Gasteiger partial charge on any atom is 0.411 e. The highest BCUT2D eigenvalue weighted by Crippen LogP contribution is 2.32. The first kappa shape index (κ1) is 64.0. The molecule has 1 aromatic rings. The van der Waals surface area contributed by atoms with Gasteiger partial charge in [-0.1, -0.05) is 64.8 Å². The third kappa shape index (κ3) is 23.9. The van der Waals surface area contributed by atoms with E-state index in [4.69, 9.17) is 49.1 Å². The number of benzene rings is 1.